The van der Waals surface area contributed by atoms with Gasteiger partial charge in [0.25, 0.3) is 0 Å². The molecule has 2 rings (SSSR count). The molecule has 0 saturated heterocycles. The third-order valence-corrected chi connectivity index (χ3v) is 4.54. The van der Waals surface area contributed by atoms with E-state index in [0.29, 0.717) is 6.54 Å². The number of benzene rings is 2. The molecular weight excluding hydrogens is 322 g/mol. The van der Waals surface area contributed by atoms with Crippen LogP contribution in [0.1, 0.15) is 10.8 Å². The maximum Gasteiger partial charge on any atom is 0.118 e. The molecule has 0 radical (unpaired) electrons. The highest BCUT2D eigenvalue weighted by atomic mass is 79.9. The molecule has 0 amide bonds. The lowest BCUT2D eigenvalue weighted by molar-refractivity contribution is 0.414. The highest BCUT2D eigenvalue weighted by Gasteiger charge is 2.11. The van der Waals surface area contributed by atoms with E-state index in [2.05, 4.69) is 40.2 Å². The molecule has 1 unspecified atom stereocenters. The van der Waals surface area contributed by atoms with Crippen LogP contribution in [0, 0.1) is 0 Å². The number of thioether (sulfide) groups is 1. The van der Waals surface area contributed by atoms with Crippen LogP contribution in [-0.4, -0.2) is 13.7 Å². The van der Waals surface area contributed by atoms with Crippen LogP contribution in [-0.2, 0) is 0 Å². The second kappa shape index (κ2) is 6.98. The molecule has 1 atom stereocenters. The number of hydrogen-bond donors (Lipinski definition) is 1. The van der Waals surface area contributed by atoms with Gasteiger partial charge < -0.3 is 10.5 Å². The van der Waals surface area contributed by atoms with Crippen LogP contribution in [0.25, 0.3) is 0 Å². The Bertz CT molecular complexity index is 530. The zero-order valence-corrected chi connectivity index (χ0v) is 13.1. The minimum absolute atomic E-state index is 0.250. The number of rotatable bonds is 5. The van der Waals surface area contributed by atoms with E-state index in [9.17, 15) is 0 Å². The third-order valence-electron chi connectivity index (χ3n) is 2.78. The van der Waals surface area contributed by atoms with Gasteiger partial charge in [-0.05, 0) is 35.9 Å². The largest absolute Gasteiger partial charge is 0.497 e. The quantitative estimate of drug-likeness (QED) is 0.828. The molecule has 0 heterocycles. The Morgan fingerprint density at radius 2 is 1.95 bits per heavy atom. The second-order valence-corrected chi connectivity index (χ2v) is 6.26. The predicted octanol–water partition coefficient (Wildman–Crippen LogP) is 4.25. The van der Waals surface area contributed by atoms with E-state index in [4.69, 9.17) is 10.5 Å². The molecule has 0 aliphatic carbocycles. The molecule has 0 spiro atoms. The molecule has 2 aromatic carbocycles. The van der Waals surface area contributed by atoms with Gasteiger partial charge in [0.15, 0.2) is 0 Å². The van der Waals surface area contributed by atoms with Crippen molar-refractivity contribution in [3.63, 3.8) is 0 Å². The van der Waals surface area contributed by atoms with Crippen LogP contribution in [0.4, 0.5) is 0 Å². The first-order valence-corrected chi connectivity index (χ1v) is 7.66. The maximum atomic E-state index is 5.90. The molecule has 0 aliphatic rings. The second-order valence-electron chi connectivity index (χ2n) is 4.07. The van der Waals surface area contributed by atoms with Crippen molar-refractivity contribution in [2.75, 3.05) is 13.7 Å². The fraction of sp³-hybridized carbons (Fsp3) is 0.200. The van der Waals surface area contributed by atoms with Gasteiger partial charge in [-0.2, -0.15) is 0 Å². The number of nitrogens with two attached hydrogens (primary N) is 1. The summed E-state index contributed by atoms with van der Waals surface area (Å²) in [7, 11) is 1.67. The standard InChI is InChI=1S/C15H16BrNOS/c1-18-13-7-5-11(6-8-13)15(10-17)19-14-4-2-3-12(16)9-14/h2-9,15H,10,17H2,1H3. The number of halogens is 1. The minimum atomic E-state index is 0.250. The third kappa shape index (κ3) is 4.00. The zero-order chi connectivity index (χ0) is 13.7. The van der Waals surface area contributed by atoms with E-state index >= 15 is 0 Å². The Labute approximate surface area is 126 Å². The maximum absolute atomic E-state index is 5.90. The van der Waals surface area contributed by atoms with E-state index in [1.165, 1.54) is 10.5 Å². The summed E-state index contributed by atoms with van der Waals surface area (Å²) in [6.07, 6.45) is 0. The van der Waals surface area contributed by atoms with E-state index in [-0.39, 0.29) is 5.25 Å². The average Bonchev–Trinajstić information content (AvgIpc) is 2.45. The molecule has 2 aromatic rings. The lowest BCUT2D eigenvalue weighted by Crippen LogP contribution is -2.09. The minimum Gasteiger partial charge on any atom is -0.497 e. The number of methoxy groups -OCH3 is 1. The molecular formula is C15H16BrNOS. The monoisotopic (exact) mass is 337 g/mol. The summed E-state index contributed by atoms with van der Waals surface area (Å²) < 4.78 is 6.26. The summed E-state index contributed by atoms with van der Waals surface area (Å²) in [6.45, 7) is 0.601. The first-order chi connectivity index (χ1) is 9.22. The first-order valence-electron chi connectivity index (χ1n) is 5.99. The molecule has 0 aromatic heterocycles. The van der Waals surface area contributed by atoms with Crippen molar-refractivity contribution in [3.8, 4) is 5.75 Å². The van der Waals surface area contributed by atoms with Crippen LogP contribution in [0.5, 0.6) is 5.75 Å². The summed E-state index contributed by atoms with van der Waals surface area (Å²) >= 11 is 5.26. The summed E-state index contributed by atoms with van der Waals surface area (Å²) in [5.41, 5.74) is 7.11. The topological polar surface area (TPSA) is 35.2 Å². The van der Waals surface area contributed by atoms with Crippen LogP contribution >= 0.6 is 27.7 Å². The highest BCUT2D eigenvalue weighted by molar-refractivity contribution is 9.10. The summed E-state index contributed by atoms with van der Waals surface area (Å²) in [4.78, 5) is 1.21. The van der Waals surface area contributed by atoms with Crippen molar-refractivity contribution < 1.29 is 4.74 Å². The van der Waals surface area contributed by atoms with Crippen molar-refractivity contribution in [1.29, 1.82) is 0 Å². The Kier molecular flexibility index (Phi) is 5.31. The Hall–Kier alpha value is -0.970. The van der Waals surface area contributed by atoms with Gasteiger partial charge in [-0.25, -0.2) is 0 Å². The fourth-order valence-electron chi connectivity index (χ4n) is 1.78. The molecule has 0 saturated carbocycles. The molecule has 2 N–H and O–H groups in total. The predicted molar refractivity (Wildman–Crippen MR) is 84.8 cm³/mol. The van der Waals surface area contributed by atoms with Gasteiger partial charge in [-0.3, -0.25) is 0 Å². The lowest BCUT2D eigenvalue weighted by atomic mass is 10.1. The van der Waals surface area contributed by atoms with E-state index < -0.39 is 0 Å². The molecule has 19 heavy (non-hydrogen) atoms. The van der Waals surface area contributed by atoms with Crippen LogP contribution in [0.15, 0.2) is 57.9 Å². The van der Waals surface area contributed by atoms with E-state index in [1.54, 1.807) is 18.9 Å². The van der Waals surface area contributed by atoms with Crippen LogP contribution < -0.4 is 10.5 Å². The Morgan fingerprint density at radius 3 is 2.53 bits per heavy atom. The van der Waals surface area contributed by atoms with Crippen molar-refractivity contribution >= 4 is 27.7 Å². The Morgan fingerprint density at radius 1 is 1.21 bits per heavy atom. The number of ether oxygens (including phenoxy) is 1. The lowest BCUT2D eigenvalue weighted by Gasteiger charge is -2.15. The van der Waals surface area contributed by atoms with E-state index in [0.717, 1.165) is 10.2 Å². The normalized spacial score (nSPS) is 12.2. The summed E-state index contributed by atoms with van der Waals surface area (Å²) in [6, 6.07) is 16.4. The molecule has 2 nitrogen and oxygen atoms in total. The Balaban J connectivity index is 2.15. The smallest absolute Gasteiger partial charge is 0.118 e. The number of hydrogen-bond acceptors (Lipinski definition) is 3. The fourth-order valence-corrected chi connectivity index (χ4v) is 3.40. The van der Waals surface area contributed by atoms with Crippen LogP contribution in [0.2, 0.25) is 0 Å². The van der Waals surface area contributed by atoms with Gasteiger partial charge in [-0.1, -0.05) is 34.1 Å². The van der Waals surface area contributed by atoms with Crippen molar-refractivity contribution in [2.24, 2.45) is 5.73 Å². The highest BCUT2D eigenvalue weighted by Crippen LogP contribution is 2.35. The molecule has 100 valence electrons. The van der Waals surface area contributed by atoms with Crippen molar-refractivity contribution in [1.82, 2.24) is 0 Å². The van der Waals surface area contributed by atoms with Gasteiger partial charge in [0.1, 0.15) is 5.75 Å². The van der Waals surface area contributed by atoms with Gasteiger partial charge >= 0.3 is 0 Å². The van der Waals surface area contributed by atoms with Gasteiger partial charge in [0, 0.05) is 21.2 Å². The van der Waals surface area contributed by atoms with Gasteiger partial charge in [-0.15, -0.1) is 11.8 Å². The SMILES string of the molecule is COc1ccc(C(CN)Sc2cccc(Br)c2)cc1. The molecule has 0 bridgehead atoms. The molecule has 4 heteroatoms. The summed E-state index contributed by atoms with van der Waals surface area (Å²) in [5, 5.41) is 0.250. The van der Waals surface area contributed by atoms with Crippen LogP contribution in [0.3, 0.4) is 0 Å². The molecule has 0 aliphatic heterocycles. The average molecular weight is 338 g/mol. The van der Waals surface area contributed by atoms with Gasteiger partial charge in [0.05, 0.1) is 7.11 Å². The first kappa shape index (κ1) is 14.4. The molecule has 0 fully saturated rings. The van der Waals surface area contributed by atoms with Crippen molar-refractivity contribution in [3.05, 3.63) is 58.6 Å². The van der Waals surface area contributed by atoms with Gasteiger partial charge in [0.2, 0.25) is 0 Å². The van der Waals surface area contributed by atoms with Crippen molar-refractivity contribution in [2.45, 2.75) is 10.1 Å². The van der Waals surface area contributed by atoms with E-state index in [1.807, 2.05) is 24.3 Å². The summed E-state index contributed by atoms with van der Waals surface area (Å²) in [5.74, 6) is 0.868. The zero-order valence-electron chi connectivity index (χ0n) is 10.7.